The number of carbonyl (C=O) groups excluding carboxylic acids is 1. The number of carboxylic acid groups (broad SMARTS) is 1. The van der Waals surface area contributed by atoms with E-state index in [0.717, 1.165) is 25.7 Å². The first kappa shape index (κ1) is 13.5. The molecule has 0 aromatic heterocycles. The van der Waals surface area contributed by atoms with Crippen LogP contribution in [0.1, 0.15) is 32.1 Å². The number of hydrogen-bond donors (Lipinski definition) is 2. The minimum absolute atomic E-state index is 0.212. The molecule has 1 atom stereocenters. The summed E-state index contributed by atoms with van der Waals surface area (Å²) in [5.74, 6) is -0.893. The van der Waals surface area contributed by atoms with Gasteiger partial charge in [0.2, 0.25) is 0 Å². The Kier molecular flexibility index (Phi) is 4.04. The van der Waals surface area contributed by atoms with E-state index in [1.54, 1.807) is 11.8 Å². The molecule has 2 fully saturated rings. The van der Waals surface area contributed by atoms with E-state index in [1.165, 1.54) is 4.90 Å². The Morgan fingerprint density at radius 2 is 2.17 bits per heavy atom. The predicted molar refractivity (Wildman–Crippen MR) is 70.9 cm³/mol. The number of rotatable bonds is 4. The van der Waals surface area contributed by atoms with Crippen LogP contribution in [-0.2, 0) is 4.79 Å². The Labute approximate surface area is 111 Å². The molecule has 2 amide bonds. The molecule has 6 heteroatoms. The lowest BCUT2D eigenvalue weighted by molar-refractivity contribution is -0.143. The summed E-state index contributed by atoms with van der Waals surface area (Å²) in [7, 11) is 0. The molecule has 1 unspecified atom stereocenters. The first-order chi connectivity index (χ1) is 8.58. The van der Waals surface area contributed by atoms with E-state index in [-0.39, 0.29) is 10.8 Å². The molecular weight excluding hydrogens is 252 g/mol. The monoisotopic (exact) mass is 272 g/mol. The van der Waals surface area contributed by atoms with Crippen molar-refractivity contribution in [3.05, 3.63) is 0 Å². The number of thioether (sulfide) groups is 1. The molecule has 18 heavy (non-hydrogen) atoms. The highest BCUT2D eigenvalue weighted by molar-refractivity contribution is 8.00. The van der Waals surface area contributed by atoms with Crippen LogP contribution >= 0.6 is 11.8 Å². The van der Waals surface area contributed by atoms with E-state index < -0.39 is 12.0 Å². The number of urea groups is 1. The Morgan fingerprint density at radius 1 is 1.44 bits per heavy atom. The van der Waals surface area contributed by atoms with Crippen LogP contribution in [0, 0.1) is 0 Å². The van der Waals surface area contributed by atoms with E-state index in [1.807, 2.05) is 0 Å². The lowest BCUT2D eigenvalue weighted by atomic mass is 10.0. The number of carbonyl (C=O) groups is 2. The number of likely N-dealkylation sites (tertiary alicyclic amines) is 1. The normalized spacial score (nSPS) is 25.6. The summed E-state index contributed by atoms with van der Waals surface area (Å²) in [4.78, 5) is 24.6. The lowest BCUT2D eigenvalue weighted by Crippen LogP contribution is -2.52. The zero-order valence-electron chi connectivity index (χ0n) is 10.6. The summed E-state index contributed by atoms with van der Waals surface area (Å²) in [5, 5.41) is 12.0. The molecule has 2 aliphatic rings. The van der Waals surface area contributed by atoms with Gasteiger partial charge in [0, 0.05) is 17.8 Å². The summed E-state index contributed by atoms with van der Waals surface area (Å²) in [6, 6.07) is -0.870. The Balaban J connectivity index is 1.88. The van der Waals surface area contributed by atoms with Crippen LogP contribution in [0.4, 0.5) is 4.79 Å². The lowest BCUT2D eigenvalue weighted by Gasteiger charge is -2.33. The van der Waals surface area contributed by atoms with Gasteiger partial charge in [-0.1, -0.05) is 0 Å². The van der Waals surface area contributed by atoms with Crippen molar-refractivity contribution in [1.82, 2.24) is 10.2 Å². The number of piperidine rings is 1. The SMILES string of the molecule is CSC1(CNC(=O)N2CCCCC2C(=O)O)CC1. The van der Waals surface area contributed by atoms with Crippen LogP contribution in [0.15, 0.2) is 0 Å². The van der Waals surface area contributed by atoms with Gasteiger partial charge in [-0.2, -0.15) is 11.8 Å². The highest BCUT2D eigenvalue weighted by atomic mass is 32.2. The zero-order valence-corrected chi connectivity index (χ0v) is 11.5. The van der Waals surface area contributed by atoms with E-state index >= 15 is 0 Å². The first-order valence-corrected chi connectivity index (χ1v) is 7.63. The van der Waals surface area contributed by atoms with E-state index in [4.69, 9.17) is 5.11 Å². The van der Waals surface area contributed by atoms with Crippen LogP contribution in [0.5, 0.6) is 0 Å². The summed E-state index contributed by atoms with van der Waals surface area (Å²) in [6.45, 7) is 1.20. The van der Waals surface area contributed by atoms with Crippen LogP contribution < -0.4 is 5.32 Å². The Morgan fingerprint density at radius 3 is 2.72 bits per heavy atom. The molecule has 2 N–H and O–H groups in total. The standard InChI is InChI=1S/C12H20N2O3S/c1-18-12(5-6-12)8-13-11(17)14-7-3-2-4-9(14)10(15)16/h9H,2-8H2,1H3,(H,13,17)(H,15,16). The summed E-state index contributed by atoms with van der Waals surface area (Å²) in [6.07, 6.45) is 6.67. The first-order valence-electron chi connectivity index (χ1n) is 6.40. The number of hydrogen-bond acceptors (Lipinski definition) is 3. The van der Waals surface area contributed by atoms with Crippen molar-refractivity contribution in [1.29, 1.82) is 0 Å². The van der Waals surface area contributed by atoms with Gasteiger partial charge in [0.15, 0.2) is 0 Å². The Hall–Kier alpha value is -0.910. The third kappa shape index (κ3) is 2.91. The van der Waals surface area contributed by atoms with Crippen LogP contribution in [-0.4, -0.2) is 52.1 Å². The molecule has 2 rings (SSSR count). The molecule has 0 bridgehead atoms. The molecule has 1 aliphatic heterocycles. The van der Waals surface area contributed by atoms with E-state index in [0.29, 0.717) is 19.5 Å². The molecule has 1 aliphatic carbocycles. The number of carboxylic acids is 1. The van der Waals surface area contributed by atoms with Crippen molar-refractivity contribution in [3.8, 4) is 0 Å². The van der Waals surface area contributed by atoms with Crippen molar-refractivity contribution in [3.63, 3.8) is 0 Å². The molecule has 1 saturated heterocycles. The maximum atomic E-state index is 12.0. The fraction of sp³-hybridized carbons (Fsp3) is 0.833. The van der Waals surface area contributed by atoms with E-state index in [2.05, 4.69) is 11.6 Å². The Bertz CT molecular complexity index is 344. The molecule has 0 radical (unpaired) electrons. The van der Waals surface area contributed by atoms with Crippen LogP contribution in [0.25, 0.3) is 0 Å². The molecule has 0 spiro atoms. The fourth-order valence-corrected chi connectivity index (χ4v) is 3.09. The number of nitrogens with zero attached hydrogens (tertiary/aromatic N) is 1. The molecular formula is C12H20N2O3S. The van der Waals surface area contributed by atoms with Crippen molar-refractivity contribution in [2.75, 3.05) is 19.3 Å². The van der Waals surface area contributed by atoms with Crippen molar-refractivity contribution < 1.29 is 14.7 Å². The largest absolute Gasteiger partial charge is 0.480 e. The molecule has 1 heterocycles. The van der Waals surface area contributed by atoms with Gasteiger partial charge in [-0.3, -0.25) is 0 Å². The quantitative estimate of drug-likeness (QED) is 0.814. The topological polar surface area (TPSA) is 69.6 Å². The smallest absolute Gasteiger partial charge is 0.326 e. The third-order valence-corrected chi connectivity index (χ3v) is 5.27. The molecule has 0 aromatic carbocycles. The molecule has 102 valence electrons. The third-order valence-electron chi connectivity index (χ3n) is 3.85. The van der Waals surface area contributed by atoms with Gasteiger partial charge in [0.05, 0.1) is 0 Å². The van der Waals surface area contributed by atoms with Gasteiger partial charge in [0.1, 0.15) is 6.04 Å². The molecule has 5 nitrogen and oxygen atoms in total. The van der Waals surface area contributed by atoms with Crippen molar-refractivity contribution >= 4 is 23.8 Å². The second kappa shape index (κ2) is 5.38. The predicted octanol–water partition coefficient (Wildman–Crippen LogP) is 1.53. The van der Waals surface area contributed by atoms with Crippen LogP contribution in [0.2, 0.25) is 0 Å². The minimum Gasteiger partial charge on any atom is -0.480 e. The average molecular weight is 272 g/mol. The number of aliphatic carboxylic acids is 1. The fourth-order valence-electron chi connectivity index (χ4n) is 2.36. The van der Waals surface area contributed by atoms with Gasteiger partial charge >= 0.3 is 12.0 Å². The second-order valence-corrected chi connectivity index (χ2v) is 6.36. The van der Waals surface area contributed by atoms with Gasteiger partial charge in [-0.25, -0.2) is 9.59 Å². The highest BCUT2D eigenvalue weighted by Gasteiger charge is 2.42. The second-order valence-electron chi connectivity index (χ2n) is 5.09. The van der Waals surface area contributed by atoms with Gasteiger partial charge in [-0.15, -0.1) is 0 Å². The number of nitrogens with one attached hydrogen (secondary N) is 1. The number of amides is 2. The average Bonchev–Trinajstić information content (AvgIpc) is 3.16. The minimum atomic E-state index is -0.893. The van der Waals surface area contributed by atoms with Gasteiger partial charge in [0.25, 0.3) is 0 Å². The summed E-state index contributed by atoms with van der Waals surface area (Å²) < 4.78 is 0.212. The maximum Gasteiger partial charge on any atom is 0.326 e. The zero-order chi connectivity index (χ0) is 13.2. The van der Waals surface area contributed by atoms with Gasteiger partial charge < -0.3 is 15.3 Å². The van der Waals surface area contributed by atoms with Crippen molar-refractivity contribution in [2.45, 2.75) is 42.9 Å². The van der Waals surface area contributed by atoms with E-state index in [9.17, 15) is 9.59 Å². The summed E-state index contributed by atoms with van der Waals surface area (Å²) in [5.41, 5.74) is 0. The van der Waals surface area contributed by atoms with Crippen molar-refractivity contribution in [2.24, 2.45) is 0 Å². The van der Waals surface area contributed by atoms with Gasteiger partial charge in [-0.05, 0) is 38.4 Å². The van der Waals surface area contributed by atoms with Crippen LogP contribution in [0.3, 0.4) is 0 Å². The molecule has 0 aromatic rings. The highest BCUT2D eigenvalue weighted by Crippen LogP contribution is 2.46. The summed E-state index contributed by atoms with van der Waals surface area (Å²) >= 11 is 1.78. The maximum absolute atomic E-state index is 12.0. The molecule has 1 saturated carbocycles.